The van der Waals surface area contributed by atoms with E-state index in [2.05, 4.69) is 200 Å². The summed E-state index contributed by atoms with van der Waals surface area (Å²) in [5.41, 5.74) is 18.7. The van der Waals surface area contributed by atoms with Crippen LogP contribution in [0.4, 0.5) is 0 Å². The second-order valence-corrected chi connectivity index (χ2v) is 19.7. The van der Waals surface area contributed by atoms with Gasteiger partial charge in [-0.2, -0.15) is 0 Å². The van der Waals surface area contributed by atoms with Gasteiger partial charge in [0, 0.05) is 22.1 Å². The van der Waals surface area contributed by atoms with E-state index in [1.54, 1.807) is 11.1 Å². The molecule has 0 saturated heterocycles. The van der Waals surface area contributed by atoms with Gasteiger partial charge in [0.2, 0.25) is 0 Å². The van der Waals surface area contributed by atoms with Gasteiger partial charge in [-0.05, 0) is 151 Å². The van der Waals surface area contributed by atoms with Crippen LogP contribution in [0.3, 0.4) is 0 Å². The van der Waals surface area contributed by atoms with Gasteiger partial charge in [0.05, 0.1) is 11.4 Å². The summed E-state index contributed by atoms with van der Waals surface area (Å²) in [6.45, 7) is 0. The molecule has 5 aliphatic carbocycles. The number of hydrogen-bond donors (Lipinski definition) is 0. The monoisotopic (exact) mass is 844 g/mol. The van der Waals surface area contributed by atoms with Gasteiger partial charge in [-0.15, -0.1) is 0 Å². The van der Waals surface area contributed by atoms with Crippen molar-refractivity contribution in [3.63, 3.8) is 0 Å². The predicted molar refractivity (Wildman–Crippen MR) is 273 cm³/mol. The Morgan fingerprint density at radius 1 is 0.333 bits per heavy atom. The lowest BCUT2D eigenvalue weighted by Crippen LogP contribution is -2.55. The molecule has 10 aromatic rings. The second-order valence-electron chi connectivity index (χ2n) is 19.7. The lowest BCUT2D eigenvalue weighted by molar-refractivity contribution is -0.0398. The molecule has 66 heavy (non-hydrogen) atoms. The van der Waals surface area contributed by atoms with Crippen LogP contribution in [0.25, 0.3) is 100.0 Å². The fourth-order valence-corrected chi connectivity index (χ4v) is 13.8. The van der Waals surface area contributed by atoms with Gasteiger partial charge in [-0.1, -0.05) is 188 Å². The van der Waals surface area contributed by atoms with E-state index in [0.717, 1.165) is 45.7 Å². The molecule has 0 N–H and O–H groups in total. The van der Waals surface area contributed by atoms with Crippen LogP contribution in [-0.4, -0.2) is 9.97 Å². The summed E-state index contributed by atoms with van der Waals surface area (Å²) in [7, 11) is 0. The average Bonchev–Trinajstić information content (AvgIpc) is 3.66. The minimum absolute atomic E-state index is 0.0837. The van der Waals surface area contributed by atoms with E-state index < -0.39 is 0 Å². The Kier molecular flexibility index (Phi) is 8.50. The van der Waals surface area contributed by atoms with Crippen LogP contribution < -0.4 is 0 Å². The fourth-order valence-electron chi connectivity index (χ4n) is 13.8. The Morgan fingerprint density at radius 2 is 0.864 bits per heavy atom. The molecule has 15 rings (SSSR count). The van der Waals surface area contributed by atoms with E-state index in [1.807, 2.05) is 6.07 Å². The highest BCUT2D eigenvalue weighted by atomic mass is 14.9. The zero-order valence-corrected chi connectivity index (χ0v) is 36.9. The summed E-state index contributed by atoms with van der Waals surface area (Å²) >= 11 is 0. The normalized spacial score (nSPS) is 21.1. The first-order valence-corrected chi connectivity index (χ1v) is 24.1. The second kappa shape index (κ2) is 14.8. The molecule has 1 heterocycles. The Morgan fingerprint density at radius 3 is 1.58 bits per heavy atom. The largest absolute Gasteiger partial charge is 0.228 e. The molecule has 9 aromatic carbocycles. The van der Waals surface area contributed by atoms with Crippen molar-refractivity contribution in [3.8, 4) is 78.4 Å². The Balaban J connectivity index is 0.932. The van der Waals surface area contributed by atoms with Crippen molar-refractivity contribution in [2.75, 3.05) is 0 Å². The summed E-state index contributed by atoms with van der Waals surface area (Å²) in [5.74, 6) is 3.93. The number of rotatable bonds is 6. The Bertz CT molecular complexity index is 3500. The van der Waals surface area contributed by atoms with Gasteiger partial charge in [-0.3, -0.25) is 0 Å². The minimum Gasteiger partial charge on any atom is -0.228 e. The molecule has 5 aliphatic rings. The maximum absolute atomic E-state index is 5.33. The maximum Gasteiger partial charge on any atom is 0.160 e. The third-order valence-corrected chi connectivity index (χ3v) is 16.3. The highest BCUT2D eigenvalue weighted by molar-refractivity contribution is 6.08. The molecule has 4 fully saturated rings. The molecule has 314 valence electrons. The molecule has 4 bridgehead atoms. The molecule has 2 nitrogen and oxygen atoms in total. The van der Waals surface area contributed by atoms with Crippen LogP contribution in [0.2, 0.25) is 0 Å². The van der Waals surface area contributed by atoms with E-state index in [1.165, 1.54) is 98.2 Å². The lowest BCUT2D eigenvalue weighted by atomic mass is 9.43. The molecule has 0 radical (unpaired) electrons. The van der Waals surface area contributed by atoms with Gasteiger partial charge in [-0.25, -0.2) is 9.97 Å². The standard InChI is InChI=1S/C64H48N2/c1-3-14-42(15-4-1)43-26-28-44(29-27-43)60-39-61(66-63(65-60)45-16-5-2-6-17-45)55-31-30-54(50-20-9-11-22-52(50)55)51-21-10-12-23-53(51)56-24-13-25-58-62(56)57-37-46-18-7-8-19-47(46)38-59(57)64(58)48-33-40-32-41(35-48)36-49(64)34-40/h1-31,37-41,48-49H,32-36H2. The molecular weight excluding hydrogens is 797 g/mol. The highest BCUT2D eigenvalue weighted by Crippen LogP contribution is 2.70. The molecular formula is C64H48N2. The highest BCUT2D eigenvalue weighted by Gasteiger charge is 2.61. The van der Waals surface area contributed by atoms with Crippen molar-refractivity contribution < 1.29 is 0 Å². The third-order valence-electron chi connectivity index (χ3n) is 16.3. The average molecular weight is 845 g/mol. The van der Waals surface area contributed by atoms with Crippen molar-refractivity contribution in [2.24, 2.45) is 23.7 Å². The van der Waals surface area contributed by atoms with Crippen molar-refractivity contribution in [1.82, 2.24) is 9.97 Å². The number of benzene rings is 9. The van der Waals surface area contributed by atoms with E-state index in [9.17, 15) is 0 Å². The fraction of sp³-hybridized carbons (Fsp3) is 0.156. The number of hydrogen-bond acceptors (Lipinski definition) is 2. The minimum atomic E-state index is 0.0837. The van der Waals surface area contributed by atoms with Crippen LogP contribution in [0, 0.1) is 23.7 Å². The van der Waals surface area contributed by atoms with Gasteiger partial charge in [0.1, 0.15) is 0 Å². The molecule has 0 unspecified atom stereocenters. The van der Waals surface area contributed by atoms with E-state index in [-0.39, 0.29) is 5.41 Å². The predicted octanol–water partition coefficient (Wildman–Crippen LogP) is 16.5. The molecule has 1 aromatic heterocycles. The van der Waals surface area contributed by atoms with Gasteiger partial charge in [0.15, 0.2) is 5.82 Å². The molecule has 1 spiro atoms. The van der Waals surface area contributed by atoms with Crippen molar-refractivity contribution in [2.45, 2.75) is 37.5 Å². The van der Waals surface area contributed by atoms with Crippen LogP contribution in [-0.2, 0) is 5.41 Å². The van der Waals surface area contributed by atoms with E-state index in [4.69, 9.17) is 9.97 Å². The maximum atomic E-state index is 5.33. The Hall–Kier alpha value is -7.42. The third kappa shape index (κ3) is 5.73. The summed E-state index contributed by atoms with van der Waals surface area (Å²) in [4.78, 5) is 10.5. The Labute approximate surface area is 386 Å². The molecule has 0 aliphatic heterocycles. The van der Waals surface area contributed by atoms with E-state index in [0.29, 0.717) is 11.8 Å². The zero-order valence-electron chi connectivity index (χ0n) is 36.9. The first-order valence-electron chi connectivity index (χ1n) is 24.1. The molecule has 2 heteroatoms. The van der Waals surface area contributed by atoms with Gasteiger partial charge in [0.25, 0.3) is 0 Å². The summed E-state index contributed by atoms with van der Waals surface area (Å²) in [6.07, 6.45) is 6.95. The molecule has 0 atom stereocenters. The van der Waals surface area contributed by atoms with Gasteiger partial charge >= 0.3 is 0 Å². The van der Waals surface area contributed by atoms with Crippen molar-refractivity contribution in [3.05, 3.63) is 217 Å². The van der Waals surface area contributed by atoms with Gasteiger partial charge < -0.3 is 0 Å². The van der Waals surface area contributed by atoms with Crippen LogP contribution in [0.15, 0.2) is 206 Å². The number of aromatic nitrogens is 2. The topological polar surface area (TPSA) is 25.8 Å². The van der Waals surface area contributed by atoms with Crippen molar-refractivity contribution in [1.29, 1.82) is 0 Å². The SMILES string of the molecule is c1ccc(-c2ccc(-c3cc(-c4ccc(-c5ccccc5-c5cccc6c5-c5cc7ccccc7cc5C65C6CC7CC(C6)CC5C7)c5ccccc45)nc(-c4ccccc4)n3)cc2)cc1. The van der Waals surface area contributed by atoms with Crippen LogP contribution in [0.5, 0.6) is 0 Å². The van der Waals surface area contributed by atoms with Crippen LogP contribution >= 0.6 is 0 Å². The smallest absolute Gasteiger partial charge is 0.160 e. The molecule has 0 amide bonds. The number of fused-ring (bicyclic) bond motifs is 5. The summed E-state index contributed by atoms with van der Waals surface area (Å²) < 4.78 is 0. The van der Waals surface area contributed by atoms with Crippen molar-refractivity contribution >= 4 is 21.5 Å². The molecule has 4 saturated carbocycles. The van der Waals surface area contributed by atoms with E-state index >= 15 is 0 Å². The summed E-state index contributed by atoms with van der Waals surface area (Å²) in [6, 6.07) is 76.2. The zero-order chi connectivity index (χ0) is 43.3. The van der Waals surface area contributed by atoms with Crippen LogP contribution in [0.1, 0.15) is 43.2 Å². The first kappa shape index (κ1) is 37.9. The quantitative estimate of drug-likeness (QED) is 0.167. The number of nitrogens with zero attached hydrogens (tertiary/aromatic N) is 2. The summed E-state index contributed by atoms with van der Waals surface area (Å²) in [5, 5.41) is 5.10. The lowest BCUT2D eigenvalue weighted by Gasteiger charge is -2.61. The first-order chi connectivity index (χ1) is 32.7.